The number of nitrogens with zero attached hydrogens (tertiary/aromatic N) is 1. The van der Waals surface area contributed by atoms with Crippen molar-refractivity contribution in [2.24, 2.45) is 0 Å². The van der Waals surface area contributed by atoms with Crippen LogP contribution < -0.4 is 16.0 Å². The molecule has 5 nitrogen and oxygen atoms in total. The van der Waals surface area contributed by atoms with E-state index in [2.05, 4.69) is 16.5 Å². The summed E-state index contributed by atoms with van der Waals surface area (Å²) in [5, 5.41) is 0. The normalized spacial score (nSPS) is 13.9. The van der Waals surface area contributed by atoms with Crippen LogP contribution in [0.4, 0.5) is 5.69 Å². The topological polar surface area (TPSA) is 81.0 Å². The minimum absolute atomic E-state index is 0.192. The maximum atomic E-state index is 11.7. The zero-order valence-corrected chi connectivity index (χ0v) is 11.6. The standard InChI is InChI=1S/C16H17N3O2/c1-2-3-11-8-12(17)6-7-13(11)21-15-9-14(20)18-16(19-15)10-4-5-10/h2,6-10H,1,3-5,17H2,(H,18,19,20). The van der Waals surface area contributed by atoms with Gasteiger partial charge in [-0.1, -0.05) is 6.08 Å². The van der Waals surface area contributed by atoms with Gasteiger partial charge in [0.15, 0.2) is 0 Å². The third-order valence-electron chi connectivity index (χ3n) is 3.36. The van der Waals surface area contributed by atoms with Crippen LogP contribution in [0.1, 0.15) is 30.1 Å². The van der Waals surface area contributed by atoms with Crippen molar-refractivity contribution in [2.75, 3.05) is 5.73 Å². The van der Waals surface area contributed by atoms with Gasteiger partial charge in [-0.3, -0.25) is 4.79 Å². The molecule has 0 atom stereocenters. The number of nitrogens with two attached hydrogens (primary N) is 1. The van der Waals surface area contributed by atoms with E-state index in [1.807, 2.05) is 6.07 Å². The van der Waals surface area contributed by atoms with Crippen molar-refractivity contribution in [1.29, 1.82) is 0 Å². The van der Waals surface area contributed by atoms with Crippen molar-refractivity contribution in [3.8, 4) is 11.6 Å². The Balaban J connectivity index is 1.92. The van der Waals surface area contributed by atoms with E-state index in [1.54, 1.807) is 18.2 Å². The second kappa shape index (κ2) is 5.44. The number of hydrogen-bond donors (Lipinski definition) is 2. The lowest BCUT2D eigenvalue weighted by Crippen LogP contribution is -2.10. The van der Waals surface area contributed by atoms with Crippen LogP contribution in [0, 0.1) is 0 Å². The van der Waals surface area contributed by atoms with Crippen molar-refractivity contribution < 1.29 is 4.74 Å². The lowest BCUT2D eigenvalue weighted by molar-refractivity contribution is 0.453. The van der Waals surface area contributed by atoms with Gasteiger partial charge in [0, 0.05) is 17.2 Å². The molecule has 0 spiro atoms. The molecule has 0 aliphatic heterocycles. The van der Waals surface area contributed by atoms with E-state index < -0.39 is 0 Å². The number of H-pyrrole nitrogens is 1. The highest BCUT2D eigenvalue weighted by atomic mass is 16.5. The summed E-state index contributed by atoms with van der Waals surface area (Å²) >= 11 is 0. The van der Waals surface area contributed by atoms with Gasteiger partial charge in [-0.2, -0.15) is 4.98 Å². The molecular formula is C16H17N3O2. The van der Waals surface area contributed by atoms with E-state index in [0.29, 0.717) is 35.5 Å². The van der Waals surface area contributed by atoms with Crippen molar-refractivity contribution in [3.63, 3.8) is 0 Å². The fourth-order valence-corrected chi connectivity index (χ4v) is 2.18. The summed E-state index contributed by atoms with van der Waals surface area (Å²) in [6, 6.07) is 6.75. The first-order chi connectivity index (χ1) is 10.2. The molecule has 0 unspecified atom stereocenters. The fraction of sp³-hybridized carbons (Fsp3) is 0.250. The summed E-state index contributed by atoms with van der Waals surface area (Å²) < 4.78 is 5.78. The number of aromatic nitrogens is 2. The maximum absolute atomic E-state index is 11.7. The van der Waals surface area contributed by atoms with Gasteiger partial charge in [0.2, 0.25) is 5.88 Å². The molecule has 3 N–H and O–H groups in total. The lowest BCUT2D eigenvalue weighted by atomic mass is 10.1. The minimum atomic E-state index is -0.192. The summed E-state index contributed by atoms with van der Waals surface area (Å²) in [5.41, 5.74) is 7.18. The van der Waals surface area contributed by atoms with E-state index in [9.17, 15) is 4.79 Å². The van der Waals surface area contributed by atoms with Crippen LogP contribution >= 0.6 is 0 Å². The summed E-state index contributed by atoms with van der Waals surface area (Å²) in [6.07, 6.45) is 4.55. The Morgan fingerprint density at radius 3 is 2.95 bits per heavy atom. The quantitative estimate of drug-likeness (QED) is 0.653. The minimum Gasteiger partial charge on any atom is -0.438 e. The molecule has 1 aromatic carbocycles. The number of anilines is 1. The first-order valence-electron chi connectivity index (χ1n) is 6.94. The third-order valence-corrected chi connectivity index (χ3v) is 3.36. The van der Waals surface area contributed by atoms with Gasteiger partial charge in [0.1, 0.15) is 11.6 Å². The van der Waals surface area contributed by atoms with E-state index in [4.69, 9.17) is 10.5 Å². The lowest BCUT2D eigenvalue weighted by Gasteiger charge is -2.10. The average molecular weight is 283 g/mol. The zero-order valence-electron chi connectivity index (χ0n) is 11.6. The predicted octanol–water partition coefficient (Wildman–Crippen LogP) is 2.75. The van der Waals surface area contributed by atoms with Gasteiger partial charge < -0.3 is 15.5 Å². The van der Waals surface area contributed by atoms with Crippen molar-refractivity contribution >= 4 is 5.69 Å². The number of rotatable bonds is 5. The molecule has 0 radical (unpaired) electrons. The number of allylic oxidation sites excluding steroid dienone is 1. The monoisotopic (exact) mass is 283 g/mol. The first kappa shape index (κ1) is 13.4. The smallest absolute Gasteiger partial charge is 0.254 e. The molecule has 1 heterocycles. The molecule has 1 saturated carbocycles. The van der Waals surface area contributed by atoms with Gasteiger partial charge in [-0.15, -0.1) is 6.58 Å². The number of benzene rings is 1. The van der Waals surface area contributed by atoms with Crippen molar-refractivity contribution in [2.45, 2.75) is 25.2 Å². The van der Waals surface area contributed by atoms with Gasteiger partial charge >= 0.3 is 0 Å². The van der Waals surface area contributed by atoms with E-state index in [-0.39, 0.29) is 5.56 Å². The molecule has 5 heteroatoms. The molecule has 108 valence electrons. The van der Waals surface area contributed by atoms with Gasteiger partial charge in [-0.05, 0) is 37.5 Å². The van der Waals surface area contributed by atoms with Crippen LogP contribution in [0.3, 0.4) is 0 Å². The summed E-state index contributed by atoms with van der Waals surface area (Å²) in [5.74, 6) is 2.03. The molecule has 2 aromatic rings. The second-order valence-corrected chi connectivity index (χ2v) is 5.21. The molecular weight excluding hydrogens is 266 g/mol. The first-order valence-corrected chi connectivity index (χ1v) is 6.94. The Kier molecular flexibility index (Phi) is 3.48. The van der Waals surface area contributed by atoms with Crippen molar-refractivity contribution in [3.05, 3.63) is 58.7 Å². The van der Waals surface area contributed by atoms with Crippen LogP contribution in [0.5, 0.6) is 11.6 Å². The maximum Gasteiger partial charge on any atom is 0.254 e. The van der Waals surface area contributed by atoms with Gasteiger partial charge in [-0.25, -0.2) is 0 Å². The molecule has 1 fully saturated rings. The van der Waals surface area contributed by atoms with Crippen LogP contribution in [0.25, 0.3) is 0 Å². The van der Waals surface area contributed by atoms with Gasteiger partial charge in [0.05, 0.1) is 6.07 Å². The molecule has 0 saturated heterocycles. The average Bonchev–Trinajstić information content (AvgIpc) is 3.26. The number of ether oxygens (including phenoxy) is 1. The number of nitrogen functional groups attached to an aromatic ring is 1. The molecule has 1 aromatic heterocycles. The predicted molar refractivity (Wildman–Crippen MR) is 81.7 cm³/mol. The van der Waals surface area contributed by atoms with Crippen LogP contribution in [-0.2, 0) is 6.42 Å². The summed E-state index contributed by atoms with van der Waals surface area (Å²) in [7, 11) is 0. The summed E-state index contributed by atoms with van der Waals surface area (Å²) in [6.45, 7) is 3.73. The summed E-state index contributed by atoms with van der Waals surface area (Å²) in [4.78, 5) is 18.8. The Hall–Kier alpha value is -2.56. The molecule has 3 rings (SSSR count). The van der Waals surface area contributed by atoms with Crippen LogP contribution in [-0.4, -0.2) is 9.97 Å². The van der Waals surface area contributed by atoms with Crippen LogP contribution in [0.2, 0.25) is 0 Å². The Morgan fingerprint density at radius 1 is 1.43 bits per heavy atom. The van der Waals surface area contributed by atoms with Crippen LogP contribution in [0.15, 0.2) is 41.7 Å². The SMILES string of the molecule is C=CCc1cc(N)ccc1Oc1cc(=O)[nH]c(C2CC2)n1. The van der Waals surface area contributed by atoms with Gasteiger partial charge in [0.25, 0.3) is 5.56 Å². The molecule has 0 amide bonds. The van der Waals surface area contributed by atoms with E-state index >= 15 is 0 Å². The number of aromatic amines is 1. The third kappa shape index (κ3) is 3.13. The molecule has 1 aliphatic rings. The highest BCUT2D eigenvalue weighted by Gasteiger charge is 2.26. The highest BCUT2D eigenvalue weighted by molar-refractivity contribution is 5.49. The fourth-order valence-electron chi connectivity index (χ4n) is 2.18. The number of hydrogen-bond acceptors (Lipinski definition) is 4. The largest absolute Gasteiger partial charge is 0.438 e. The molecule has 1 aliphatic carbocycles. The zero-order chi connectivity index (χ0) is 14.8. The Bertz CT molecular complexity index is 733. The molecule has 0 bridgehead atoms. The second-order valence-electron chi connectivity index (χ2n) is 5.21. The van der Waals surface area contributed by atoms with E-state index in [1.165, 1.54) is 6.07 Å². The highest BCUT2D eigenvalue weighted by Crippen LogP contribution is 2.38. The Morgan fingerprint density at radius 2 is 2.24 bits per heavy atom. The Labute approximate surface area is 122 Å². The number of nitrogens with one attached hydrogen (secondary N) is 1. The molecule has 21 heavy (non-hydrogen) atoms. The van der Waals surface area contributed by atoms with E-state index in [0.717, 1.165) is 18.4 Å². The van der Waals surface area contributed by atoms with Crippen molar-refractivity contribution in [1.82, 2.24) is 9.97 Å².